The van der Waals surface area contributed by atoms with Gasteiger partial charge >= 0.3 is 5.97 Å². The van der Waals surface area contributed by atoms with E-state index in [2.05, 4.69) is 15.2 Å². The summed E-state index contributed by atoms with van der Waals surface area (Å²) in [5, 5.41) is 7.61. The molecule has 2 heterocycles. The molecule has 2 aromatic rings. The molecule has 0 aromatic carbocycles. The third-order valence-electron chi connectivity index (χ3n) is 2.94. The van der Waals surface area contributed by atoms with Gasteiger partial charge in [-0.25, -0.2) is 9.78 Å². The fourth-order valence-electron chi connectivity index (χ4n) is 2.11. The van der Waals surface area contributed by atoms with Crippen molar-refractivity contribution in [3.8, 4) is 10.7 Å². The summed E-state index contributed by atoms with van der Waals surface area (Å²) in [4.78, 5) is 17.7. The van der Waals surface area contributed by atoms with Crippen LogP contribution in [0.4, 0.5) is 0 Å². The zero-order chi connectivity index (χ0) is 12.5. The smallest absolute Gasteiger partial charge is 0.342 e. The van der Waals surface area contributed by atoms with Gasteiger partial charge in [-0.2, -0.15) is 5.10 Å². The molecule has 94 valence electrons. The van der Waals surface area contributed by atoms with Crippen molar-refractivity contribution in [2.45, 2.75) is 26.2 Å². The summed E-state index contributed by atoms with van der Waals surface area (Å²) < 4.78 is 5.00. The van der Waals surface area contributed by atoms with Gasteiger partial charge in [0.1, 0.15) is 16.3 Å². The molecule has 0 saturated carbocycles. The molecule has 0 saturated heterocycles. The Morgan fingerprint density at radius 2 is 2.44 bits per heavy atom. The number of aryl methyl sites for hydroxylation is 2. The second-order valence-electron chi connectivity index (χ2n) is 4.12. The van der Waals surface area contributed by atoms with Gasteiger partial charge in [0.25, 0.3) is 0 Å². The molecule has 0 radical (unpaired) electrons. The minimum Gasteiger partial charge on any atom is -0.462 e. The lowest BCUT2D eigenvalue weighted by molar-refractivity contribution is 0.0527. The summed E-state index contributed by atoms with van der Waals surface area (Å²) in [6, 6.07) is 0. The normalized spacial score (nSPS) is 13.6. The molecule has 2 aromatic heterocycles. The van der Waals surface area contributed by atoms with Crippen molar-refractivity contribution >= 4 is 17.3 Å². The van der Waals surface area contributed by atoms with Crippen LogP contribution in [0.2, 0.25) is 0 Å². The van der Waals surface area contributed by atoms with E-state index < -0.39 is 0 Å². The maximum absolute atomic E-state index is 11.8. The average Bonchev–Trinajstić information content (AvgIpc) is 3.03. The van der Waals surface area contributed by atoms with Gasteiger partial charge in [0, 0.05) is 4.88 Å². The monoisotopic (exact) mass is 263 g/mol. The number of thiazole rings is 1. The van der Waals surface area contributed by atoms with Crippen molar-refractivity contribution in [3.05, 3.63) is 22.3 Å². The van der Waals surface area contributed by atoms with Crippen molar-refractivity contribution in [3.63, 3.8) is 0 Å². The number of carbonyl (C=O) groups excluding carboxylic acids is 1. The molecule has 0 atom stereocenters. The van der Waals surface area contributed by atoms with Gasteiger partial charge < -0.3 is 4.74 Å². The van der Waals surface area contributed by atoms with Crippen LogP contribution in [0.25, 0.3) is 10.7 Å². The molecule has 0 unspecified atom stereocenters. The number of hydrogen-bond donors (Lipinski definition) is 1. The van der Waals surface area contributed by atoms with Gasteiger partial charge in [-0.05, 0) is 26.2 Å². The van der Waals surface area contributed by atoms with Crippen LogP contribution in [0, 0.1) is 0 Å². The minimum absolute atomic E-state index is 0.350. The number of rotatable bonds is 3. The van der Waals surface area contributed by atoms with E-state index in [9.17, 15) is 4.79 Å². The van der Waals surface area contributed by atoms with E-state index in [1.54, 1.807) is 18.3 Å². The van der Waals surface area contributed by atoms with Crippen LogP contribution in [0.15, 0.2) is 6.20 Å². The molecule has 1 aliphatic rings. The number of esters is 1. The van der Waals surface area contributed by atoms with Crippen LogP contribution in [0.1, 0.15) is 34.3 Å². The molecule has 1 N–H and O–H groups in total. The molecule has 0 aliphatic heterocycles. The van der Waals surface area contributed by atoms with Gasteiger partial charge in [-0.3, -0.25) is 5.10 Å². The fraction of sp³-hybridized carbons (Fsp3) is 0.417. The molecule has 0 amide bonds. The number of nitrogens with zero attached hydrogens (tertiary/aromatic N) is 2. The molecule has 1 aliphatic carbocycles. The van der Waals surface area contributed by atoms with Gasteiger partial charge in [-0.1, -0.05) is 0 Å². The zero-order valence-electron chi connectivity index (χ0n) is 10.0. The van der Waals surface area contributed by atoms with Gasteiger partial charge in [0.05, 0.1) is 18.5 Å². The molecule has 0 spiro atoms. The van der Waals surface area contributed by atoms with E-state index in [0.29, 0.717) is 17.9 Å². The number of aromatic amines is 1. The highest BCUT2D eigenvalue weighted by molar-refractivity contribution is 7.15. The maximum Gasteiger partial charge on any atom is 0.342 e. The Hall–Kier alpha value is -1.69. The molecular formula is C12H13N3O2S. The van der Waals surface area contributed by atoms with Crippen LogP contribution < -0.4 is 0 Å². The summed E-state index contributed by atoms with van der Waals surface area (Å²) in [7, 11) is 0. The van der Waals surface area contributed by atoms with Crippen molar-refractivity contribution in [2.24, 2.45) is 0 Å². The molecule has 3 rings (SSSR count). The predicted octanol–water partition coefficient (Wildman–Crippen LogP) is 2.20. The minimum atomic E-state index is -0.350. The number of ether oxygens (including phenoxy) is 1. The van der Waals surface area contributed by atoms with E-state index in [1.807, 2.05) is 0 Å². The topological polar surface area (TPSA) is 67.9 Å². The van der Waals surface area contributed by atoms with Crippen LogP contribution in [-0.4, -0.2) is 27.8 Å². The van der Waals surface area contributed by atoms with Crippen molar-refractivity contribution in [1.29, 1.82) is 0 Å². The number of hydrogen-bond acceptors (Lipinski definition) is 5. The molecule has 5 nitrogen and oxygen atoms in total. The van der Waals surface area contributed by atoms with Crippen LogP contribution in [0.5, 0.6) is 0 Å². The van der Waals surface area contributed by atoms with Crippen molar-refractivity contribution in [2.75, 3.05) is 6.61 Å². The lowest BCUT2D eigenvalue weighted by Crippen LogP contribution is -2.04. The second kappa shape index (κ2) is 4.53. The summed E-state index contributed by atoms with van der Waals surface area (Å²) >= 11 is 1.64. The number of fused-ring (bicyclic) bond motifs is 1. The highest BCUT2D eigenvalue weighted by Gasteiger charge is 2.22. The zero-order valence-corrected chi connectivity index (χ0v) is 10.8. The van der Waals surface area contributed by atoms with Gasteiger partial charge in [-0.15, -0.1) is 11.3 Å². The Bertz CT molecular complexity index is 566. The third-order valence-corrected chi connectivity index (χ3v) is 4.12. The lowest BCUT2D eigenvalue weighted by atomic mass is 10.2. The molecular weight excluding hydrogens is 250 g/mol. The van der Waals surface area contributed by atoms with E-state index in [1.165, 1.54) is 23.2 Å². The number of aromatic nitrogens is 3. The number of nitrogens with one attached hydrogen (secondary N) is 1. The van der Waals surface area contributed by atoms with Gasteiger partial charge in [0.15, 0.2) is 0 Å². The van der Waals surface area contributed by atoms with Crippen LogP contribution in [0.3, 0.4) is 0 Å². The highest BCUT2D eigenvalue weighted by Crippen LogP contribution is 2.33. The Balaban J connectivity index is 1.96. The summed E-state index contributed by atoms with van der Waals surface area (Å²) in [5.74, 6) is -0.350. The first-order chi connectivity index (χ1) is 8.79. The second-order valence-corrected chi connectivity index (χ2v) is 5.21. The third kappa shape index (κ3) is 1.82. The predicted molar refractivity (Wildman–Crippen MR) is 67.7 cm³/mol. The maximum atomic E-state index is 11.8. The van der Waals surface area contributed by atoms with E-state index >= 15 is 0 Å². The van der Waals surface area contributed by atoms with E-state index in [4.69, 9.17) is 4.74 Å². The molecule has 6 heteroatoms. The molecule has 18 heavy (non-hydrogen) atoms. The summed E-state index contributed by atoms with van der Waals surface area (Å²) in [6.07, 6.45) is 4.81. The van der Waals surface area contributed by atoms with E-state index in [0.717, 1.165) is 17.8 Å². The van der Waals surface area contributed by atoms with E-state index in [-0.39, 0.29) is 5.97 Å². The fourth-order valence-corrected chi connectivity index (χ4v) is 3.27. The summed E-state index contributed by atoms with van der Waals surface area (Å²) in [6.45, 7) is 2.15. The largest absolute Gasteiger partial charge is 0.462 e. The average molecular weight is 263 g/mol. The lowest BCUT2D eigenvalue weighted by Gasteiger charge is -2.00. The summed E-state index contributed by atoms with van der Waals surface area (Å²) in [5.41, 5.74) is 2.30. The van der Waals surface area contributed by atoms with Crippen molar-refractivity contribution in [1.82, 2.24) is 15.2 Å². The Morgan fingerprint density at radius 3 is 3.22 bits per heavy atom. The first kappa shape index (κ1) is 11.4. The molecule has 0 bridgehead atoms. The molecule has 0 fully saturated rings. The number of carbonyl (C=O) groups is 1. The van der Waals surface area contributed by atoms with Crippen LogP contribution >= 0.6 is 11.3 Å². The number of H-pyrrole nitrogens is 1. The SMILES string of the molecule is CCOC(=O)c1cn[nH]c1-c1nc2c(s1)CCC2. The standard InChI is InChI=1S/C12H13N3O2S/c1-2-17-12(16)7-6-13-15-10(7)11-14-8-4-3-5-9(8)18-11/h6H,2-5H2,1H3,(H,13,15). The highest BCUT2D eigenvalue weighted by atomic mass is 32.1. The van der Waals surface area contributed by atoms with Gasteiger partial charge in [0.2, 0.25) is 0 Å². The van der Waals surface area contributed by atoms with Crippen LogP contribution in [-0.2, 0) is 17.6 Å². The first-order valence-electron chi connectivity index (χ1n) is 5.99. The Labute approximate surface area is 108 Å². The Kier molecular flexibility index (Phi) is 2.87. The van der Waals surface area contributed by atoms with Crippen molar-refractivity contribution < 1.29 is 9.53 Å². The quantitative estimate of drug-likeness (QED) is 0.862. The first-order valence-corrected chi connectivity index (χ1v) is 6.80. The Morgan fingerprint density at radius 1 is 1.56 bits per heavy atom.